The molecule has 9 heteroatoms. The van der Waals surface area contributed by atoms with Crippen molar-refractivity contribution in [3.05, 3.63) is 106 Å². The maximum atomic E-state index is 13.3. The Morgan fingerprint density at radius 1 is 0.939 bits per heavy atom. The predicted octanol–water partition coefficient (Wildman–Crippen LogP) is 5.12. The second-order valence-corrected chi connectivity index (χ2v) is 9.64. The first-order chi connectivity index (χ1) is 15.8. The van der Waals surface area contributed by atoms with Gasteiger partial charge in [-0.05, 0) is 47.3 Å². The van der Waals surface area contributed by atoms with Crippen LogP contribution in [0.2, 0.25) is 5.02 Å². The lowest BCUT2D eigenvalue weighted by molar-refractivity contribution is 0.602. The highest BCUT2D eigenvalue weighted by molar-refractivity contribution is 7.93. The van der Waals surface area contributed by atoms with E-state index in [9.17, 15) is 17.6 Å². The zero-order valence-corrected chi connectivity index (χ0v) is 18.6. The van der Waals surface area contributed by atoms with Crippen LogP contribution in [0, 0.1) is 5.82 Å². The molecule has 1 heterocycles. The molecular formula is C24H17ClFN3O3S. The van der Waals surface area contributed by atoms with Crippen LogP contribution in [0.15, 0.2) is 88.6 Å². The van der Waals surface area contributed by atoms with Crippen LogP contribution < -0.4 is 10.3 Å². The molecule has 1 aromatic heterocycles. The summed E-state index contributed by atoms with van der Waals surface area (Å²) in [6, 6.07) is 21.1. The molecule has 0 fully saturated rings. The molecule has 33 heavy (non-hydrogen) atoms. The van der Waals surface area contributed by atoms with Crippen LogP contribution in [-0.2, 0) is 16.6 Å². The number of sulfonamides is 1. The van der Waals surface area contributed by atoms with E-state index in [1.807, 2.05) is 18.2 Å². The first-order valence-corrected chi connectivity index (χ1v) is 11.8. The Morgan fingerprint density at radius 2 is 1.73 bits per heavy atom. The summed E-state index contributed by atoms with van der Waals surface area (Å²) in [6.07, 6.45) is 0. The summed E-state index contributed by atoms with van der Waals surface area (Å²) in [7, 11) is -3.89. The number of rotatable bonds is 5. The van der Waals surface area contributed by atoms with E-state index in [-0.39, 0.29) is 27.7 Å². The smallest absolute Gasteiger partial charge is 0.272 e. The van der Waals surface area contributed by atoms with Gasteiger partial charge in [0.1, 0.15) is 5.82 Å². The molecule has 4 aromatic carbocycles. The monoisotopic (exact) mass is 481 g/mol. The fourth-order valence-corrected chi connectivity index (χ4v) is 5.35. The number of benzene rings is 4. The molecule has 0 amide bonds. The number of nitrogens with zero attached hydrogens (tertiary/aromatic N) is 1. The van der Waals surface area contributed by atoms with Crippen molar-refractivity contribution >= 4 is 49.0 Å². The maximum absolute atomic E-state index is 13.3. The number of hydrogen-bond donors (Lipinski definition) is 2. The average Bonchev–Trinajstić information content (AvgIpc) is 3.09. The molecule has 0 bridgehead atoms. The summed E-state index contributed by atoms with van der Waals surface area (Å²) in [5, 5.41) is 4.69. The number of anilines is 1. The van der Waals surface area contributed by atoms with Crippen molar-refractivity contribution in [2.45, 2.75) is 11.4 Å². The second kappa shape index (κ2) is 8.06. The number of nitrogens with one attached hydrogen (secondary N) is 2. The van der Waals surface area contributed by atoms with Crippen LogP contribution in [0.5, 0.6) is 0 Å². The highest BCUT2D eigenvalue weighted by Gasteiger charge is 2.18. The topological polar surface area (TPSA) is 84.0 Å². The van der Waals surface area contributed by atoms with Crippen molar-refractivity contribution in [3.63, 3.8) is 0 Å². The molecule has 0 unspecified atom stereocenters. The third-order valence-electron chi connectivity index (χ3n) is 5.40. The first-order valence-electron chi connectivity index (χ1n) is 9.99. The van der Waals surface area contributed by atoms with E-state index >= 15 is 0 Å². The molecule has 6 nitrogen and oxygen atoms in total. The van der Waals surface area contributed by atoms with Crippen LogP contribution in [0.4, 0.5) is 10.1 Å². The number of aromatic amines is 1. The van der Waals surface area contributed by atoms with E-state index in [0.717, 1.165) is 5.39 Å². The molecule has 0 aliphatic rings. The minimum Gasteiger partial charge on any atom is -0.280 e. The average molecular weight is 482 g/mol. The van der Waals surface area contributed by atoms with Crippen LogP contribution in [0.1, 0.15) is 5.56 Å². The fourth-order valence-electron chi connectivity index (χ4n) is 3.84. The summed E-state index contributed by atoms with van der Waals surface area (Å²) in [5.41, 5.74) is 1.08. The molecule has 0 saturated carbocycles. The van der Waals surface area contributed by atoms with Crippen LogP contribution >= 0.6 is 11.6 Å². The zero-order chi connectivity index (χ0) is 23.2. The molecule has 5 rings (SSSR count). The Bertz CT molecular complexity index is 1690. The molecule has 0 radical (unpaired) electrons. The molecule has 0 spiro atoms. The van der Waals surface area contributed by atoms with Crippen molar-refractivity contribution in [1.29, 1.82) is 0 Å². The van der Waals surface area contributed by atoms with Gasteiger partial charge in [-0.2, -0.15) is 0 Å². The Labute approximate surface area is 193 Å². The first kappa shape index (κ1) is 21.2. The van der Waals surface area contributed by atoms with Gasteiger partial charge in [-0.15, -0.1) is 0 Å². The minimum absolute atomic E-state index is 0.151. The quantitative estimate of drug-likeness (QED) is 0.365. The van der Waals surface area contributed by atoms with Gasteiger partial charge in [-0.1, -0.05) is 54.1 Å². The Balaban J connectivity index is 1.50. The maximum Gasteiger partial charge on any atom is 0.272 e. The minimum atomic E-state index is -3.89. The summed E-state index contributed by atoms with van der Waals surface area (Å²) < 4.78 is 43.7. The van der Waals surface area contributed by atoms with Gasteiger partial charge in [0.2, 0.25) is 0 Å². The largest absolute Gasteiger partial charge is 0.280 e. The molecule has 2 N–H and O–H groups in total. The molecule has 0 atom stereocenters. The van der Waals surface area contributed by atoms with E-state index in [2.05, 4.69) is 9.82 Å². The zero-order valence-electron chi connectivity index (χ0n) is 17.0. The number of fused-ring (bicyclic) bond motifs is 2. The van der Waals surface area contributed by atoms with Crippen LogP contribution in [-0.4, -0.2) is 18.2 Å². The van der Waals surface area contributed by atoms with E-state index in [0.29, 0.717) is 21.9 Å². The lowest BCUT2D eigenvalue weighted by Crippen LogP contribution is -2.13. The summed E-state index contributed by atoms with van der Waals surface area (Å²) in [5.74, 6) is -0.447. The Kier molecular flexibility index (Phi) is 5.19. The Morgan fingerprint density at radius 3 is 2.55 bits per heavy atom. The summed E-state index contributed by atoms with van der Waals surface area (Å²) >= 11 is 6.11. The number of hydrogen-bond acceptors (Lipinski definition) is 3. The SMILES string of the molecule is O=c1[nH]n(Cc2ccc(F)cc2Cl)c2ccc(NS(=O)(=O)c3cccc4ccccc34)cc12. The van der Waals surface area contributed by atoms with E-state index in [1.165, 1.54) is 18.2 Å². The van der Waals surface area contributed by atoms with Gasteiger partial charge in [0, 0.05) is 16.1 Å². The van der Waals surface area contributed by atoms with Gasteiger partial charge in [0.25, 0.3) is 15.6 Å². The Hall–Kier alpha value is -3.62. The van der Waals surface area contributed by atoms with Gasteiger partial charge >= 0.3 is 0 Å². The van der Waals surface area contributed by atoms with E-state index in [1.54, 1.807) is 47.1 Å². The molecule has 0 saturated heterocycles. The lowest BCUT2D eigenvalue weighted by Gasteiger charge is -2.11. The lowest BCUT2D eigenvalue weighted by atomic mass is 10.1. The molecular weight excluding hydrogens is 465 g/mol. The molecule has 0 aliphatic carbocycles. The van der Waals surface area contributed by atoms with Gasteiger partial charge in [-0.25, -0.2) is 12.8 Å². The molecule has 166 valence electrons. The van der Waals surface area contributed by atoms with Gasteiger partial charge < -0.3 is 0 Å². The van der Waals surface area contributed by atoms with Gasteiger partial charge in [0.15, 0.2) is 0 Å². The fraction of sp³-hybridized carbons (Fsp3) is 0.0417. The van der Waals surface area contributed by atoms with Gasteiger partial charge in [0.05, 0.1) is 22.3 Å². The third kappa shape index (κ3) is 3.99. The van der Waals surface area contributed by atoms with E-state index in [4.69, 9.17) is 11.6 Å². The number of H-pyrrole nitrogens is 1. The number of halogens is 2. The summed E-state index contributed by atoms with van der Waals surface area (Å²) in [4.78, 5) is 12.7. The highest BCUT2D eigenvalue weighted by Crippen LogP contribution is 2.26. The normalized spacial score (nSPS) is 11.8. The predicted molar refractivity (Wildman–Crippen MR) is 128 cm³/mol. The van der Waals surface area contributed by atoms with Crippen molar-refractivity contribution in [3.8, 4) is 0 Å². The summed E-state index contributed by atoms with van der Waals surface area (Å²) in [6.45, 7) is 0.221. The highest BCUT2D eigenvalue weighted by atomic mass is 35.5. The second-order valence-electron chi connectivity index (χ2n) is 7.58. The molecule has 0 aliphatic heterocycles. The van der Waals surface area contributed by atoms with Crippen LogP contribution in [0.25, 0.3) is 21.7 Å². The van der Waals surface area contributed by atoms with Crippen LogP contribution in [0.3, 0.4) is 0 Å². The number of aromatic nitrogens is 2. The van der Waals surface area contributed by atoms with Crippen molar-refractivity contribution < 1.29 is 12.8 Å². The third-order valence-corrected chi connectivity index (χ3v) is 7.19. The van der Waals surface area contributed by atoms with Crippen molar-refractivity contribution in [1.82, 2.24) is 9.78 Å². The standard InChI is InChI=1S/C24H17ClFN3O3S/c25-21-12-17(26)9-8-16(21)14-29-22-11-10-18(13-20(22)24(30)27-29)28-33(31,32)23-7-3-5-15-4-1-2-6-19(15)23/h1-13,28H,14H2,(H,27,30). The van der Waals surface area contributed by atoms with Gasteiger partial charge in [-0.3, -0.25) is 19.3 Å². The van der Waals surface area contributed by atoms with Crippen molar-refractivity contribution in [2.24, 2.45) is 0 Å². The van der Waals surface area contributed by atoms with E-state index < -0.39 is 15.8 Å². The van der Waals surface area contributed by atoms with Crippen molar-refractivity contribution in [2.75, 3.05) is 4.72 Å². The molecule has 5 aromatic rings.